The Bertz CT molecular complexity index is 680. The van der Waals surface area contributed by atoms with Crippen LogP contribution in [-0.2, 0) is 15.7 Å². The molecule has 0 fully saturated rings. The Morgan fingerprint density at radius 2 is 2.11 bits per heavy atom. The SMILES string of the molecule is CS(=O)(=O)c1cnn(-c2cccc(Cl)c2CCl)c1. The second-order valence-electron chi connectivity index (χ2n) is 3.76. The lowest BCUT2D eigenvalue weighted by Crippen LogP contribution is -2.00. The highest BCUT2D eigenvalue weighted by Crippen LogP contribution is 2.25. The van der Waals surface area contributed by atoms with E-state index in [2.05, 4.69) is 5.10 Å². The van der Waals surface area contributed by atoms with E-state index in [1.54, 1.807) is 18.2 Å². The Kier molecular flexibility index (Phi) is 3.66. The Hall–Kier alpha value is -1.04. The Labute approximate surface area is 115 Å². The van der Waals surface area contributed by atoms with Crippen LogP contribution in [0.2, 0.25) is 5.02 Å². The maximum absolute atomic E-state index is 11.4. The van der Waals surface area contributed by atoms with E-state index in [1.807, 2.05) is 0 Å². The van der Waals surface area contributed by atoms with E-state index >= 15 is 0 Å². The van der Waals surface area contributed by atoms with Gasteiger partial charge in [-0.25, -0.2) is 13.1 Å². The normalized spacial score (nSPS) is 11.7. The Balaban J connectivity index is 2.57. The molecular formula is C11H10Cl2N2O2S. The maximum atomic E-state index is 11.4. The summed E-state index contributed by atoms with van der Waals surface area (Å²) in [6.45, 7) is 0. The molecule has 2 aromatic rings. The predicted octanol–water partition coefficient (Wildman–Crippen LogP) is 2.67. The third kappa shape index (κ3) is 2.53. The second-order valence-corrected chi connectivity index (χ2v) is 6.45. The van der Waals surface area contributed by atoms with Crippen molar-refractivity contribution in [2.45, 2.75) is 10.8 Å². The highest BCUT2D eigenvalue weighted by Gasteiger charge is 2.13. The van der Waals surface area contributed by atoms with Crippen LogP contribution in [0, 0.1) is 0 Å². The van der Waals surface area contributed by atoms with Crippen molar-refractivity contribution >= 4 is 33.0 Å². The lowest BCUT2D eigenvalue weighted by Gasteiger charge is -2.08. The average molecular weight is 305 g/mol. The molecule has 7 heteroatoms. The minimum atomic E-state index is -3.27. The number of benzene rings is 1. The van der Waals surface area contributed by atoms with E-state index in [1.165, 1.54) is 17.1 Å². The molecule has 0 atom stereocenters. The van der Waals surface area contributed by atoms with Gasteiger partial charge in [0.25, 0.3) is 0 Å². The van der Waals surface area contributed by atoms with Gasteiger partial charge in [-0.15, -0.1) is 11.6 Å². The van der Waals surface area contributed by atoms with E-state index in [4.69, 9.17) is 23.2 Å². The first kappa shape index (κ1) is 13.4. The molecule has 0 aliphatic heterocycles. The number of rotatable bonds is 3. The van der Waals surface area contributed by atoms with E-state index in [-0.39, 0.29) is 10.8 Å². The van der Waals surface area contributed by atoms with Gasteiger partial charge >= 0.3 is 0 Å². The van der Waals surface area contributed by atoms with E-state index in [9.17, 15) is 8.42 Å². The van der Waals surface area contributed by atoms with Crippen molar-refractivity contribution in [1.82, 2.24) is 9.78 Å². The fourth-order valence-corrected chi connectivity index (χ4v) is 2.64. The molecule has 1 aromatic heterocycles. The number of hydrogen-bond donors (Lipinski definition) is 0. The fourth-order valence-electron chi connectivity index (χ4n) is 1.52. The third-order valence-corrected chi connectivity index (χ3v) is 4.15. The lowest BCUT2D eigenvalue weighted by molar-refractivity contribution is 0.602. The van der Waals surface area contributed by atoms with Crippen molar-refractivity contribution in [2.24, 2.45) is 0 Å². The topological polar surface area (TPSA) is 52.0 Å². The van der Waals surface area contributed by atoms with Crippen LogP contribution in [0.4, 0.5) is 0 Å². The van der Waals surface area contributed by atoms with Crippen LogP contribution in [0.25, 0.3) is 5.69 Å². The molecule has 18 heavy (non-hydrogen) atoms. The zero-order valence-corrected chi connectivity index (χ0v) is 11.8. The van der Waals surface area contributed by atoms with Crippen LogP contribution in [0.3, 0.4) is 0 Å². The monoisotopic (exact) mass is 304 g/mol. The van der Waals surface area contributed by atoms with Crippen molar-refractivity contribution in [1.29, 1.82) is 0 Å². The van der Waals surface area contributed by atoms with Crippen LogP contribution in [-0.4, -0.2) is 24.5 Å². The zero-order chi connectivity index (χ0) is 13.3. The van der Waals surface area contributed by atoms with Crippen LogP contribution < -0.4 is 0 Å². The molecule has 0 unspecified atom stereocenters. The summed E-state index contributed by atoms with van der Waals surface area (Å²) in [5, 5.41) is 4.55. The summed E-state index contributed by atoms with van der Waals surface area (Å²) >= 11 is 11.9. The van der Waals surface area contributed by atoms with E-state index < -0.39 is 9.84 Å². The van der Waals surface area contributed by atoms with Gasteiger partial charge in [-0.1, -0.05) is 17.7 Å². The fraction of sp³-hybridized carbons (Fsp3) is 0.182. The van der Waals surface area contributed by atoms with Gasteiger partial charge in [0.05, 0.1) is 17.8 Å². The quantitative estimate of drug-likeness (QED) is 0.819. The smallest absolute Gasteiger partial charge is 0.178 e. The number of nitrogens with zero attached hydrogens (tertiary/aromatic N) is 2. The molecule has 0 spiro atoms. The molecule has 2 rings (SSSR count). The molecule has 0 N–H and O–H groups in total. The molecule has 0 saturated heterocycles. The van der Waals surface area contributed by atoms with Crippen molar-refractivity contribution in [2.75, 3.05) is 6.26 Å². The first-order valence-electron chi connectivity index (χ1n) is 5.02. The summed E-state index contributed by atoms with van der Waals surface area (Å²) in [6.07, 6.45) is 3.88. The van der Waals surface area contributed by atoms with Crippen LogP contribution in [0.5, 0.6) is 0 Å². The molecule has 1 heterocycles. The third-order valence-electron chi connectivity index (χ3n) is 2.46. The predicted molar refractivity (Wildman–Crippen MR) is 71.2 cm³/mol. The van der Waals surface area contributed by atoms with Crippen molar-refractivity contribution in [3.05, 3.63) is 41.2 Å². The van der Waals surface area contributed by atoms with Crippen LogP contribution >= 0.6 is 23.2 Å². The van der Waals surface area contributed by atoms with Gasteiger partial charge in [0.2, 0.25) is 0 Å². The molecule has 0 aliphatic carbocycles. The number of sulfone groups is 1. The molecule has 0 bridgehead atoms. The van der Waals surface area contributed by atoms with Crippen LogP contribution in [0.15, 0.2) is 35.5 Å². The highest BCUT2D eigenvalue weighted by molar-refractivity contribution is 7.90. The average Bonchev–Trinajstić information content (AvgIpc) is 2.77. The summed E-state index contributed by atoms with van der Waals surface area (Å²) in [7, 11) is -3.27. The maximum Gasteiger partial charge on any atom is 0.178 e. The summed E-state index contributed by atoms with van der Waals surface area (Å²) in [5.74, 6) is 0.225. The molecule has 0 saturated carbocycles. The Morgan fingerprint density at radius 1 is 1.39 bits per heavy atom. The zero-order valence-electron chi connectivity index (χ0n) is 9.47. The number of alkyl halides is 1. The largest absolute Gasteiger partial charge is 0.239 e. The van der Waals surface area contributed by atoms with Gasteiger partial charge < -0.3 is 0 Å². The summed E-state index contributed by atoms with van der Waals surface area (Å²) in [4.78, 5) is 0.156. The Morgan fingerprint density at radius 3 is 2.67 bits per heavy atom. The highest BCUT2D eigenvalue weighted by atomic mass is 35.5. The molecule has 0 amide bonds. The minimum absolute atomic E-state index is 0.156. The molecular weight excluding hydrogens is 295 g/mol. The minimum Gasteiger partial charge on any atom is -0.239 e. The number of aromatic nitrogens is 2. The number of hydrogen-bond acceptors (Lipinski definition) is 3. The molecule has 96 valence electrons. The summed E-state index contributed by atoms with van der Waals surface area (Å²) < 4.78 is 24.2. The second kappa shape index (κ2) is 4.91. The summed E-state index contributed by atoms with van der Waals surface area (Å²) in [5.41, 5.74) is 1.39. The number of halogens is 2. The molecule has 1 aromatic carbocycles. The van der Waals surface area contributed by atoms with Gasteiger partial charge in [0.15, 0.2) is 9.84 Å². The van der Waals surface area contributed by atoms with Crippen molar-refractivity contribution in [3.8, 4) is 5.69 Å². The van der Waals surface area contributed by atoms with E-state index in [0.29, 0.717) is 16.3 Å². The first-order chi connectivity index (χ1) is 8.43. The van der Waals surface area contributed by atoms with Crippen molar-refractivity contribution in [3.63, 3.8) is 0 Å². The lowest BCUT2D eigenvalue weighted by atomic mass is 10.2. The standard InChI is InChI=1S/C11H10Cl2N2O2S/c1-18(16,17)8-6-14-15(7-8)11-4-2-3-10(13)9(11)5-12/h2-4,6-7H,5H2,1H3. The van der Waals surface area contributed by atoms with Crippen molar-refractivity contribution < 1.29 is 8.42 Å². The molecule has 4 nitrogen and oxygen atoms in total. The van der Waals surface area contributed by atoms with Gasteiger partial charge in [-0.2, -0.15) is 5.10 Å². The van der Waals surface area contributed by atoms with Gasteiger partial charge in [0.1, 0.15) is 4.90 Å². The van der Waals surface area contributed by atoms with E-state index in [0.717, 1.165) is 6.26 Å². The van der Waals surface area contributed by atoms with Gasteiger partial charge in [-0.3, -0.25) is 0 Å². The van der Waals surface area contributed by atoms with Gasteiger partial charge in [-0.05, 0) is 12.1 Å². The van der Waals surface area contributed by atoms with Gasteiger partial charge in [0, 0.05) is 23.0 Å². The first-order valence-corrected chi connectivity index (χ1v) is 7.82. The molecule has 0 radical (unpaired) electrons. The summed E-state index contributed by atoms with van der Waals surface area (Å²) in [6, 6.07) is 5.27. The van der Waals surface area contributed by atoms with Crippen LogP contribution in [0.1, 0.15) is 5.56 Å². The molecule has 0 aliphatic rings.